The molecule has 0 unspecified atom stereocenters. The maximum Gasteiger partial charge on any atom is 1.00 e. The van der Waals surface area contributed by atoms with Crippen molar-refractivity contribution < 1.29 is 23.4 Å². The van der Waals surface area contributed by atoms with Gasteiger partial charge in [-0.05, 0) is 37.9 Å². The summed E-state index contributed by atoms with van der Waals surface area (Å²) in [6.07, 6.45) is 4.51. The number of nitrogens with zero attached hydrogens (tertiary/aromatic N) is 1. The summed E-state index contributed by atoms with van der Waals surface area (Å²) in [5.74, 6) is -0.187. The number of hydrogen-bond acceptors (Lipinski definition) is 3. The summed E-state index contributed by atoms with van der Waals surface area (Å²) in [6.45, 7) is 5.49. The summed E-state index contributed by atoms with van der Waals surface area (Å²) in [4.78, 5) is 14.4. The molecule has 0 bridgehead atoms. The number of hydrogen-bond donors (Lipinski definition) is 0. The van der Waals surface area contributed by atoms with Crippen LogP contribution in [-0.4, -0.2) is 36.6 Å². The SMILES string of the molecule is CCCCN1CCC(OC(=O)c2ccccc2)CC1.[Cl-].[H+]. The lowest BCUT2D eigenvalue weighted by Gasteiger charge is -2.31. The van der Waals surface area contributed by atoms with E-state index in [0.29, 0.717) is 5.56 Å². The fourth-order valence-electron chi connectivity index (χ4n) is 2.43. The number of piperidine rings is 1. The molecule has 0 radical (unpaired) electrons. The van der Waals surface area contributed by atoms with E-state index in [-0.39, 0.29) is 25.9 Å². The number of likely N-dealkylation sites (tertiary alicyclic amines) is 1. The van der Waals surface area contributed by atoms with Crippen molar-refractivity contribution in [1.82, 2.24) is 4.90 Å². The Kier molecular flexibility index (Phi) is 7.63. The van der Waals surface area contributed by atoms with Crippen molar-refractivity contribution in [2.45, 2.75) is 38.7 Å². The lowest BCUT2D eigenvalue weighted by atomic mass is 10.1. The van der Waals surface area contributed by atoms with Crippen LogP contribution in [0.3, 0.4) is 0 Å². The fraction of sp³-hybridized carbons (Fsp3) is 0.562. The molecule has 0 amide bonds. The maximum atomic E-state index is 11.9. The van der Waals surface area contributed by atoms with Crippen molar-refractivity contribution >= 4 is 5.97 Å². The molecule has 0 saturated carbocycles. The Morgan fingerprint density at radius 2 is 1.95 bits per heavy atom. The van der Waals surface area contributed by atoms with Gasteiger partial charge >= 0.3 is 7.40 Å². The first-order chi connectivity index (χ1) is 9.29. The van der Waals surface area contributed by atoms with Crippen molar-refractivity contribution in [2.75, 3.05) is 19.6 Å². The van der Waals surface area contributed by atoms with Crippen LogP contribution < -0.4 is 12.4 Å². The Bertz CT molecular complexity index is 395. The number of carbonyl (C=O) groups is 1. The summed E-state index contributed by atoms with van der Waals surface area (Å²) in [6, 6.07) is 9.24. The van der Waals surface area contributed by atoms with E-state index in [9.17, 15) is 4.79 Å². The molecule has 0 aromatic heterocycles. The summed E-state index contributed by atoms with van der Waals surface area (Å²) >= 11 is 0. The fourth-order valence-corrected chi connectivity index (χ4v) is 2.43. The van der Waals surface area contributed by atoms with E-state index in [1.165, 1.54) is 19.4 Å². The Balaban J connectivity index is 0.00000200. The van der Waals surface area contributed by atoms with Gasteiger partial charge in [0, 0.05) is 13.1 Å². The van der Waals surface area contributed by atoms with E-state index < -0.39 is 0 Å². The minimum absolute atomic E-state index is 0. The molecule has 0 atom stereocenters. The maximum absolute atomic E-state index is 11.9. The standard InChI is InChI=1S/C16H23NO2.ClH/c1-2-3-11-17-12-9-15(10-13-17)19-16(18)14-7-5-4-6-8-14;/h4-8,15H,2-3,9-13H2,1H3;1H. The molecule has 0 N–H and O–H groups in total. The summed E-state index contributed by atoms with van der Waals surface area (Å²) in [5, 5.41) is 0. The zero-order valence-corrected chi connectivity index (χ0v) is 12.8. The van der Waals surface area contributed by atoms with Gasteiger partial charge in [-0.3, -0.25) is 0 Å². The number of unbranched alkanes of at least 4 members (excludes halogenated alkanes) is 1. The van der Waals surface area contributed by atoms with E-state index in [4.69, 9.17) is 4.74 Å². The monoisotopic (exact) mass is 297 g/mol. The lowest BCUT2D eigenvalue weighted by molar-refractivity contribution is -0.0000789. The Hall–Kier alpha value is -1.06. The first-order valence-electron chi connectivity index (χ1n) is 7.28. The molecule has 2 rings (SSSR count). The smallest absolute Gasteiger partial charge is 1.00 e. The molecule has 20 heavy (non-hydrogen) atoms. The highest BCUT2D eigenvalue weighted by Gasteiger charge is 2.22. The van der Waals surface area contributed by atoms with E-state index in [1.54, 1.807) is 12.1 Å². The van der Waals surface area contributed by atoms with Gasteiger partial charge in [-0.15, -0.1) is 0 Å². The number of benzene rings is 1. The number of esters is 1. The van der Waals surface area contributed by atoms with Crippen LogP contribution in [0.5, 0.6) is 0 Å². The first kappa shape index (κ1) is 17.0. The van der Waals surface area contributed by atoms with Gasteiger partial charge in [0.25, 0.3) is 0 Å². The van der Waals surface area contributed by atoms with Gasteiger partial charge in [0.15, 0.2) is 0 Å². The molecule has 1 fully saturated rings. The van der Waals surface area contributed by atoms with Crippen molar-refractivity contribution in [1.29, 1.82) is 0 Å². The molecule has 1 aliphatic heterocycles. The normalized spacial score (nSPS) is 16.4. The summed E-state index contributed by atoms with van der Waals surface area (Å²) in [7, 11) is 0. The van der Waals surface area contributed by atoms with Crippen molar-refractivity contribution in [3.63, 3.8) is 0 Å². The highest BCUT2D eigenvalue weighted by molar-refractivity contribution is 5.89. The van der Waals surface area contributed by atoms with Gasteiger partial charge in [0.1, 0.15) is 6.10 Å². The highest BCUT2D eigenvalue weighted by atomic mass is 35.5. The van der Waals surface area contributed by atoms with Gasteiger partial charge in [-0.25, -0.2) is 4.79 Å². The zero-order chi connectivity index (χ0) is 13.5. The molecule has 112 valence electrons. The quantitative estimate of drug-likeness (QED) is 0.729. The molecule has 0 spiro atoms. The van der Waals surface area contributed by atoms with Gasteiger partial charge in [-0.2, -0.15) is 0 Å². The van der Waals surface area contributed by atoms with Crippen LogP contribution in [-0.2, 0) is 4.74 Å². The molecular formula is C16H24ClNO2. The molecule has 0 aliphatic carbocycles. The largest absolute Gasteiger partial charge is 1.00 e. The Morgan fingerprint density at radius 1 is 1.30 bits per heavy atom. The molecule has 1 aromatic rings. The van der Waals surface area contributed by atoms with Crippen LogP contribution in [0.4, 0.5) is 0 Å². The number of carbonyl (C=O) groups excluding carboxylic acids is 1. The van der Waals surface area contributed by atoms with Crippen molar-refractivity contribution in [3.8, 4) is 0 Å². The number of halogens is 1. The van der Waals surface area contributed by atoms with Crippen molar-refractivity contribution in [3.05, 3.63) is 35.9 Å². The van der Waals surface area contributed by atoms with E-state index in [2.05, 4.69) is 11.8 Å². The predicted octanol–water partition coefficient (Wildman–Crippen LogP) is 0.224. The second-order valence-corrected chi connectivity index (χ2v) is 5.17. The third-order valence-corrected chi connectivity index (χ3v) is 3.65. The summed E-state index contributed by atoms with van der Waals surface area (Å²) < 4.78 is 5.56. The van der Waals surface area contributed by atoms with Crippen LogP contribution in [0.15, 0.2) is 30.3 Å². The van der Waals surface area contributed by atoms with Crippen LogP contribution in [0.2, 0.25) is 0 Å². The Labute approximate surface area is 129 Å². The van der Waals surface area contributed by atoms with Crippen LogP contribution >= 0.6 is 0 Å². The second kappa shape index (κ2) is 8.98. The second-order valence-electron chi connectivity index (χ2n) is 5.17. The topological polar surface area (TPSA) is 29.5 Å². The first-order valence-corrected chi connectivity index (χ1v) is 7.28. The average Bonchev–Trinajstić information content (AvgIpc) is 2.47. The molecule has 1 aromatic carbocycles. The summed E-state index contributed by atoms with van der Waals surface area (Å²) in [5.41, 5.74) is 0.649. The predicted molar refractivity (Wildman–Crippen MR) is 77.3 cm³/mol. The van der Waals surface area contributed by atoms with Crippen LogP contribution in [0, 0.1) is 0 Å². The van der Waals surface area contributed by atoms with Gasteiger partial charge in [0.05, 0.1) is 5.56 Å². The third-order valence-electron chi connectivity index (χ3n) is 3.65. The minimum atomic E-state index is -0.187. The van der Waals surface area contributed by atoms with E-state index >= 15 is 0 Å². The molecule has 3 nitrogen and oxygen atoms in total. The van der Waals surface area contributed by atoms with Gasteiger partial charge in [-0.1, -0.05) is 31.5 Å². The third kappa shape index (κ3) is 5.14. The average molecular weight is 298 g/mol. The van der Waals surface area contributed by atoms with E-state index in [0.717, 1.165) is 25.9 Å². The molecule has 4 heteroatoms. The molecule has 1 aliphatic rings. The Morgan fingerprint density at radius 3 is 2.55 bits per heavy atom. The van der Waals surface area contributed by atoms with Gasteiger partial charge in [0.2, 0.25) is 0 Å². The lowest BCUT2D eigenvalue weighted by Crippen LogP contribution is -3.00. The highest BCUT2D eigenvalue weighted by Crippen LogP contribution is 2.16. The molecule has 1 heterocycles. The molecular weight excluding hydrogens is 274 g/mol. The number of rotatable bonds is 5. The molecule has 1 saturated heterocycles. The van der Waals surface area contributed by atoms with Crippen LogP contribution in [0.1, 0.15) is 44.4 Å². The van der Waals surface area contributed by atoms with Crippen molar-refractivity contribution in [2.24, 2.45) is 0 Å². The number of ether oxygens (including phenoxy) is 1. The van der Waals surface area contributed by atoms with Crippen LogP contribution in [0.25, 0.3) is 0 Å². The zero-order valence-electron chi connectivity index (χ0n) is 13.1. The van der Waals surface area contributed by atoms with E-state index in [1.807, 2.05) is 18.2 Å². The van der Waals surface area contributed by atoms with Gasteiger partial charge < -0.3 is 22.0 Å². The minimum Gasteiger partial charge on any atom is -1.00 e.